The lowest BCUT2D eigenvalue weighted by molar-refractivity contribution is 0.219. The number of aliphatic hydroxyl groups is 1. The summed E-state index contributed by atoms with van der Waals surface area (Å²) in [6, 6.07) is 9.28. The van der Waals surface area contributed by atoms with Crippen molar-refractivity contribution in [3.8, 4) is 5.75 Å². The first-order valence-corrected chi connectivity index (χ1v) is 6.74. The molecule has 0 amide bonds. The molecule has 2 aromatic rings. The SMILES string of the molecule is CCCOc1cccc(C(O)c2cc(C)cnc2N)c1. The zero-order chi connectivity index (χ0) is 14.5. The smallest absolute Gasteiger partial charge is 0.129 e. The molecule has 1 unspecified atom stereocenters. The lowest BCUT2D eigenvalue weighted by Gasteiger charge is -2.15. The normalized spacial score (nSPS) is 12.2. The molecule has 3 N–H and O–H groups in total. The van der Waals surface area contributed by atoms with Crippen LogP contribution in [0.25, 0.3) is 0 Å². The minimum absolute atomic E-state index is 0.350. The molecule has 0 saturated carbocycles. The average molecular weight is 272 g/mol. The van der Waals surface area contributed by atoms with Gasteiger partial charge in [0.25, 0.3) is 0 Å². The monoisotopic (exact) mass is 272 g/mol. The fourth-order valence-corrected chi connectivity index (χ4v) is 2.00. The van der Waals surface area contributed by atoms with Gasteiger partial charge in [0, 0.05) is 11.8 Å². The number of aliphatic hydroxyl groups excluding tert-OH is 1. The highest BCUT2D eigenvalue weighted by Crippen LogP contribution is 2.28. The molecule has 106 valence electrons. The van der Waals surface area contributed by atoms with Gasteiger partial charge in [-0.2, -0.15) is 0 Å². The molecule has 0 fully saturated rings. The number of nitrogens with two attached hydrogens (primary N) is 1. The minimum Gasteiger partial charge on any atom is -0.494 e. The number of hydrogen-bond acceptors (Lipinski definition) is 4. The van der Waals surface area contributed by atoms with Gasteiger partial charge in [0.2, 0.25) is 0 Å². The molecular formula is C16H20N2O2. The number of nitrogens with zero attached hydrogens (tertiary/aromatic N) is 1. The van der Waals surface area contributed by atoms with Crippen LogP contribution in [-0.4, -0.2) is 16.7 Å². The van der Waals surface area contributed by atoms with Crippen LogP contribution >= 0.6 is 0 Å². The highest BCUT2D eigenvalue weighted by Gasteiger charge is 2.15. The fourth-order valence-electron chi connectivity index (χ4n) is 2.00. The summed E-state index contributed by atoms with van der Waals surface area (Å²) in [4.78, 5) is 4.08. The van der Waals surface area contributed by atoms with Gasteiger partial charge < -0.3 is 15.6 Å². The van der Waals surface area contributed by atoms with E-state index in [9.17, 15) is 5.11 Å². The van der Waals surface area contributed by atoms with Crippen molar-refractivity contribution in [2.45, 2.75) is 26.4 Å². The largest absolute Gasteiger partial charge is 0.494 e. The van der Waals surface area contributed by atoms with E-state index < -0.39 is 6.10 Å². The number of anilines is 1. The van der Waals surface area contributed by atoms with Gasteiger partial charge in [-0.05, 0) is 42.7 Å². The van der Waals surface area contributed by atoms with Gasteiger partial charge in [-0.25, -0.2) is 4.98 Å². The van der Waals surface area contributed by atoms with Gasteiger partial charge in [0.15, 0.2) is 0 Å². The molecule has 1 aromatic carbocycles. The van der Waals surface area contributed by atoms with Gasteiger partial charge in [-0.3, -0.25) is 0 Å². The quantitative estimate of drug-likeness (QED) is 0.878. The topological polar surface area (TPSA) is 68.4 Å². The number of aromatic nitrogens is 1. The van der Waals surface area contributed by atoms with Crippen molar-refractivity contribution in [1.82, 2.24) is 4.98 Å². The second kappa shape index (κ2) is 6.39. The van der Waals surface area contributed by atoms with Gasteiger partial charge in [0.05, 0.1) is 6.61 Å². The molecule has 4 nitrogen and oxygen atoms in total. The maximum absolute atomic E-state index is 10.5. The number of ether oxygens (including phenoxy) is 1. The molecular weight excluding hydrogens is 252 g/mol. The van der Waals surface area contributed by atoms with E-state index in [2.05, 4.69) is 11.9 Å². The Balaban J connectivity index is 2.28. The number of hydrogen-bond donors (Lipinski definition) is 2. The Bertz CT molecular complexity index is 584. The Hall–Kier alpha value is -2.07. The third kappa shape index (κ3) is 3.27. The second-order valence-electron chi connectivity index (χ2n) is 4.81. The summed E-state index contributed by atoms with van der Waals surface area (Å²) in [6.07, 6.45) is 1.83. The van der Waals surface area contributed by atoms with E-state index in [-0.39, 0.29) is 0 Å². The van der Waals surface area contributed by atoms with Crippen LogP contribution in [0.3, 0.4) is 0 Å². The van der Waals surface area contributed by atoms with E-state index in [0.29, 0.717) is 18.0 Å². The first-order valence-electron chi connectivity index (χ1n) is 6.74. The summed E-state index contributed by atoms with van der Waals surface area (Å²) in [7, 11) is 0. The Morgan fingerprint density at radius 2 is 2.15 bits per heavy atom. The summed E-state index contributed by atoms with van der Waals surface area (Å²) in [5.41, 5.74) is 8.18. The van der Waals surface area contributed by atoms with Crippen LogP contribution in [0, 0.1) is 6.92 Å². The van der Waals surface area contributed by atoms with Crippen molar-refractivity contribution in [3.63, 3.8) is 0 Å². The van der Waals surface area contributed by atoms with Gasteiger partial charge >= 0.3 is 0 Å². The number of benzene rings is 1. The van der Waals surface area contributed by atoms with Crippen LogP contribution in [0.15, 0.2) is 36.5 Å². The fraction of sp³-hybridized carbons (Fsp3) is 0.312. The van der Waals surface area contributed by atoms with Crippen molar-refractivity contribution in [1.29, 1.82) is 0 Å². The lowest BCUT2D eigenvalue weighted by Crippen LogP contribution is -2.06. The average Bonchev–Trinajstić information content (AvgIpc) is 2.47. The van der Waals surface area contributed by atoms with Crippen molar-refractivity contribution in [2.75, 3.05) is 12.3 Å². The molecule has 0 aliphatic heterocycles. The number of pyridine rings is 1. The lowest BCUT2D eigenvalue weighted by atomic mass is 10.0. The Morgan fingerprint density at radius 3 is 2.90 bits per heavy atom. The Kier molecular flexibility index (Phi) is 4.58. The predicted molar refractivity (Wildman–Crippen MR) is 79.7 cm³/mol. The number of aryl methyl sites for hydroxylation is 1. The van der Waals surface area contributed by atoms with Crippen LogP contribution in [0.4, 0.5) is 5.82 Å². The molecule has 0 radical (unpaired) electrons. The molecule has 4 heteroatoms. The van der Waals surface area contributed by atoms with Crippen molar-refractivity contribution in [3.05, 3.63) is 53.2 Å². The molecule has 1 heterocycles. The van der Waals surface area contributed by atoms with E-state index in [0.717, 1.165) is 23.3 Å². The molecule has 0 aliphatic rings. The summed E-state index contributed by atoms with van der Waals surface area (Å²) in [6.45, 7) is 4.63. The van der Waals surface area contributed by atoms with Gasteiger partial charge in [-0.1, -0.05) is 19.1 Å². The highest BCUT2D eigenvalue weighted by atomic mass is 16.5. The van der Waals surface area contributed by atoms with Crippen LogP contribution < -0.4 is 10.5 Å². The first kappa shape index (κ1) is 14.3. The van der Waals surface area contributed by atoms with E-state index in [1.807, 2.05) is 37.3 Å². The predicted octanol–water partition coefficient (Wildman–Crippen LogP) is 2.84. The maximum atomic E-state index is 10.5. The standard InChI is InChI=1S/C16H20N2O2/c1-3-7-20-13-6-4-5-12(9-13)15(19)14-8-11(2)10-18-16(14)17/h4-6,8-10,15,19H,3,7H2,1-2H3,(H2,17,18). The van der Waals surface area contributed by atoms with Crippen molar-refractivity contribution >= 4 is 5.82 Å². The van der Waals surface area contributed by atoms with E-state index in [4.69, 9.17) is 10.5 Å². The van der Waals surface area contributed by atoms with Gasteiger partial charge in [0.1, 0.15) is 17.7 Å². The molecule has 20 heavy (non-hydrogen) atoms. The van der Waals surface area contributed by atoms with Crippen molar-refractivity contribution in [2.24, 2.45) is 0 Å². The number of nitrogen functional groups attached to an aromatic ring is 1. The number of rotatable bonds is 5. The molecule has 1 atom stereocenters. The Morgan fingerprint density at radius 1 is 1.35 bits per heavy atom. The second-order valence-corrected chi connectivity index (χ2v) is 4.81. The van der Waals surface area contributed by atoms with Crippen LogP contribution in [0.5, 0.6) is 5.75 Å². The maximum Gasteiger partial charge on any atom is 0.129 e. The molecule has 0 bridgehead atoms. The van der Waals surface area contributed by atoms with E-state index in [1.54, 1.807) is 6.20 Å². The molecule has 0 aliphatic carbocycles. The van der Waals surface area contributed by atoms with Crippen LogP contribution in [0.2, 0.25) is 0 Å². The zero-order valence-corrected chi connectivity index (χ0v) is 11.8. The Labute approximate surface area is 119 Å². The minimum atomic E-state index is -0.799. The molecule has 1 aromatic heterocycles. The summed E-state index contributed by atoms with van der Waals surface area (Å²) in [5, 5.41) is 10.5. The van der Waals surface area contributed by atoms with Crippen LogP contribution in [-0.2, 0) is 0 Å². The first-order chi connectivity index (χ1) is 9.61. The molecule has 2 rings (SSSR count). The zero-order valence-electron chi connectivity index (χ0n) is 11.8. The van der Waals surface area contributed by atoms with Crippen LogP contribution in [0.1, 0.15) is 36.1 Å². The van der Waals surface area contributed by atoms with Gasteiger partial charge in [-0.15, -0.1) is 0 Å². The highest BCUT2D eigenvalue weighted by molar-refractivity contribution is 5.46. The molecule has 0 spiro atoms. The van der Waals surface area contributed by atoms with E-state index in [1.165, 1.54) is 0 Å². The third-order valence-electron chi connectivity index (χ3n) is 3.03. The summed E-state index contributed by atoms with van der Waals surface area (Å²) >= 11 is 0. The summed E-state index contributed by atoms with van der Waals surface area (Å²) < 4.78 is 5.58. The van der Waals surface area contributed by atoms with Crippen molar-refractivity contribution < 1.29 is 9.84 Å². The third-order valence-corrected chi connectivity index (χ3v) is 3.03. The van der Waals surface area contributed by atoms with E-state index >= 15 is 0 Å². The molecule has 0 saturated heterocycles. The summed E-state index contributed by atoms with van der Waals surface area (Å²) in [5.74, 6) is 1.10.